The monoisotopic (exact) mass is 450 g/mol. The first-order valence-corrected chi connectivity index (χ1v) is 9.75. The van der Waals surface area contributed by atoms with E-state index in [1.165, 1.54) is 17.8 Å². The molecular formula is C20H15ClF4N6. The summed E-state index contributed by atoms with van der Waals surface area (Å²) < 4.78 is 56.1. The van der Waals surface area contributed by atoms with Crippen molar-refractivity contribution in [2.45, 2.75) is 19.3 Å². The summed E-state index contributed by atoms with van der Waals surface area (Å²) in [7, 11) is 1.53. The molecule has 5 rings (SSSR count). The molecule has 0 amide bonds. The van der Waals surface area contributed by atoms with Gasteiger partial charge < -0.3 is 14.0 Å². The van der Waals surface area contributed by atoms with Gasteiger partial charge in [-0.3, -0.25) is 0 Å². The molecule has 11 heteroatoms. The van der Waals surface area contributed by atoms with Gasteiger partial charge in [-0.15, -0.1) is 0 Å². The van der Waals surface area contributed by atoms with Gasteiger partial charge in [0.1, 0.15) is 16.9 Å². The van der Waals surface area contributed by atoms with Gasteiger partial charge in [0.15, 0.2) is 17.3 Å². The number of benzene rings is 1. The number of nitrogens with zero attached hydrogens (tertiary/aromatic N) is 6. The minimum atomic E-state index is -4.49. The predicted octanol–water partition coefficient (Wildman–Crippen LogP) is 4.66. The second-order valence-electron chi connectivity index (χ2n) is 7.36. The number of hydrogen-bond acceptors (Lipinski definition) is 4. The Morgan fingerprint density at radius 1 is 1.03 bits per heavy atom. The van der Waals surface area contributed by atoms with Crippen LogP contribution in [0.4, 0.5) is 23.4 Å². The number of aryl methyl sites for hydroxylation is 1. The van der Waals surface area contributed by atoms with Crippen molar-refractivity contribution >= 4 is 28.5 Å². The van der Waals surface area contributed by atoms with Crippen LogP contribution >= 0.6 is 11.6 Å². The highest BCUT2D eigenvalue weighted by molar-refractivity contribution is 6.28. The Bertz CT molecular complexity index is 1290. The van der Waals surface area contributed by atoms with Gasteiger partial charge in [0.05, 0.1) is 0 Å². The maximum atomic E-state index is 14.2. The lowest BCUT2D eigenvalue weighted by molar-refractivity contribution is -0.140. The van der Waals surface area contributed by atoms with E-state index in [0.717, 1.165) is 11.8 Å². The van der Waals surface area contributed by atoms with Crippen molar-refractivity contribution in [3.05, 3.63) is 59.0 Å². The first-order valence-electron chi connectivity index (χ1n) is 9.37. The molecule has 4 aromatic rings. The van der Waals surface area contributed by atoms with Crippen molar-refractivity contribution < 1.29 is 17.6 Å². The molecule has 0 radical (unpaired) electrons. The second kappa shape index (κ2) is 6.94. The smallest absolute Gasteiger partial charge is 0.349 e. The van der Waals surface area contributed by atoms with Gasteiger partial charge in [0.2, 0.25) is 5.28 Å². The van der Waals surface area contributed by atoms with Crippen LogP contribution in [-0.4, -0.2) is 30.6 Å². The first-order chi connectivity index (χ1) is 14.7. The summed E-state index contributed by atoms with van der Waals surface area (Å²) in [5.41, 5.74) is 1.34. The van der Waals surface area contributed by atoms with E-state index in [2.05, 4.69) is 15.0 Å². The third kappa shape index (κ3) is 3.40. The summed E-state index contributed by atoms with van der Waals surface area (Å²) >= 11 is 6.00. The standard InChI is InChI=1S/C20H15ClF4N6/c1-29-10-14(20(23,24)25)26-17(29)12-4-2-11(3-5-12)8-31-7-6-30-9-13(22)15-16(30)18(31)28-19(21)27-15/h2-5,9-10H,6-8H2,1H3. The van der Waals surface area contributed by atoms with Crippen molar-refractivity contribution in [3.8, 4) is 11.4 Å². The Morgan fingerprint density at radius 2 is 1.77 bits per heavy atom. The number of rotatable bonds is 3. The minimum absolute atomic E-state index is 0.0309. The van der Waals surface area contributed by atoms with Crippen molar-refractivity contribution in [1.29, 1.82) is 0 Å². The molecule has 1 aromatic carbocycles. The first kappa shape index (κ1) is 19.8. The third-order valence-electron chi connectivity index (χ3n) is 5.28. The van der Waals surface area contributed by atoms with Crippen LogP contribution in [0.5, 0.6) is 0 Å². The Labute approximate surface area is 178 Å². The summed E-state index contributed by atoms with van der Waals surface area (Å²) in [6.07, 6.45) is -2.13. The van der Waals surface area contributed by atoms with Crippen LogP contribution in [0, 0.1) is 5.82 Å². The number of halogens is 5. The molecule has 0 N–H and O–H groups in total. The molecule has 6 nitrogen and oxygen atoms in total. The van der Waals surface area contributed by atoms with E-state index < -0.39 is 17.7 Å². The van der Waals surface area contributed by atoms with Gasteiger partial charge >= 0.3 is 6.18 Å². The van der Waals surface area contributed by atoms with Crippen LogP contribution < -0.4 is 4.90 Å². The van der Waals surface area contributed by atoms with E-state index in [4.69, 9.17) is 11.6 Å². The van der Waals surface area contributed by atoms with Gasteiger partial charge in [-0.05, 0) is 17.2 Å². The number of alkyl halides is 3. The Kier molecular flexibility index (Phi) is 4.44. The highest BCUT2D eigenvalue weighted by Gasteiger charge is 2.34. The summed E-state index contributed by atoms with van der Waals surface area (Å²) in [5, 5.41) is -0.0309. The topological polar surface area (TPSA) is 51.8 Å². The van der Waals surface area contributed by atoms with Crippen molar-refractivity contribution in [2.24, 2.45) is 7.05 Å². The molecule has 1 aliphatic rings. The van der Waals surface area contributed by atoms with Crippen molar-refractivity contribution in [3.63, 3.8) is 0 Å². The van der Waals surface area contributed by atoms with Gasteiger partial charge in [0, 0.05) is 44.6 Å². The molecule has 0 saturated heterocycles. The van der Waals surface area contributed by atoms with E-state index in [1.807, 2.05) is 17.0 Å². The quantitative estimate of drug-likeness (QED) is 0.336. The molecule has 0 fully saturated rings. The number of imidazole rings is 1. The van der Waals surface area contributed by atoms with Crippen LogP contribution in [-0.2, 0) is 26.3 Å². The Hall–Kier alpha value is -3.14. The summed E-state index contributed by atoms with van der Waals surface area (Å²) in [6.45, 7) is 1.65. The fourth-order valence-electron chi connectivity index (χ4n) is 3.85. The fourth-order valence-corrected chi connectivity index (χ4v) is 4.01. The summed E-state index contributed by atoms with van der Waals surface area (Å²) in [6, 6.07) is 7.11. The average molecular weight is 451 g/mol. The molecule has 4 heterocycles. The molecular weight excluding hydrogens is 436 g/mol. The van der Waals surface area contributed by atoms with Crippen LogP contribution in [0.2, 0.25) is 5.28 Å². The zero-order valence-corrected chi connectivity index (χ0v) is 16.9. The fraction of sp³-hybridized carbons (Fsp3) is 0.250. The predicted molar refractivity (Wildman–Crippen MR) is 107 cm³/mol. The Balaban J connectivity index is 1.43. The maximum absolute atomic E-state index is 14.2. The van der Waals surface area contributed by atoms with Crippen molar-refractivity contribution in [1.82, 2.24) is 24.1 Å². The number of aromatic nitrogens is 5. The lowest BCUT2D eigenvalue weighted by atomic mass is 10.1. The molecule has 0 unspecified atom stereocenters. The maximum Gasteiger partial charge on any atom is 0.434 e. The molecule has 160 valence electrons. The summed E-state index contributed by atoms with van der Waals surface area (Å²) in [5.74, 6) is 0.336. The third-order valence-corrected chi connectivity index (χ3v) is 5.45. The number of anilines is 1. The molecule has 31 heavy (non-hydrogen) atoms. The van der Waals surface area contributed by atoms with Gasteiger partial charge in [-0.2, -0.15) is 18.2 Å². The normalized spacial score (nSPS) is 13.9. The SMILES string of the molecule is Cn1cc(C(F)(F)F)nc1-c1ccc(CN2CCn3cc(F)c4nc(Cl)nc2c43)cc1. The highest BCUT2D eigenvalue weighted by atomic mass is 35.5. The molecule has 0 spiro atoms. The van der Waals surface area contributed by atoms with E-state index in [0.29, 0.717) is 36.5 Å². The van der Waals surface area contributed by atoms with Crippen molar-refractivity contribution in [2.75, 3.05) is 11.4 Å². The minimum Gasteiger partial charge on any atom is -0.349 e. The van der Waals surface area contributed by atoms with E-state index in [-0.39, 0.29) is 16.6 Å². The van der Waals surface area contributed by atoms with Gasteiger partial charge in [-0.25, -0.2) is 14.4 Å². The summed E-state index contributed by atoms with van der Waals surface area (Å²) in [4.78, 5) is 14.0. The van der Waals surface area contributed by atoms with E-state index in [1.54, 1.807) is 16.7 Å². The molecule has 0 atom stereocenters. The zero-order chi connectivity index (χ0) is 21.9. The average Bonchev–Trinajstić information content (AvgIpc) is 3.25. The highest BCUT2D eigenvalue weighted by Crippen LogP contribution is 2.33. The van der Waals surface area contributed by atoms with Crippen LogP contribution in [0.15, 0.2) is 36.7 Å². The van der Waals surface area contributed by atoms with E-state index >= 15 is 0 Å². The molecule has 0 saturated carbocycles. The Morgan fingerprint density at radius 3 is 2.45 bits per heavy atom. The molecule has 0 bridgehead atoms. The second-order valence-corrected chi connectivity index (χ2v) is 7.70. The zero-order valence-electron chi connectivity index (χ0n) is 16.2. The van der Waals surface area contributed by atoms with Gasteiger partial charge in [0.25, 0.3) is 0 Å². The largest absolute Gasteiger partial charge is 0.434 e. The molecule has 3 aromatic heterocycles. The molecule has 1 aliphatic heterocycles. The van der Waals surface area contributed by atoms with Crippen LogP contribution in [0.3, 0.4) is 0 Å². The van der Waals surface area contributed by atoms with E-state index in [9.17, 15) is 17.6 Å². The number of hydrogen-bond donors (Lipinski definition) is 0. The lowest BCUT2D eigenvalue weighted by Crippen LogP contribution is -2.31. The van der Waals surface area contributed by atoms with Crippen LogP contribution in [0.1, 0.15) is 11.3 Å². The lowest BCUT2D eigenvalue weighted by Gasteiger charge is -2.29. The van der Waals surface area contributed by atoms with Crippen LogP contribution in [0.25, 0.3) is 22.4 Å². The van der Waals surface area contributed by atoms with Gasteiger partial charge in [-0.1, -0.05) is 24.3 Å². The molecule has 0 aliphatic carbocycles.